The van der Waals surface area contributed by atoms with Crippen LogP contribution < -0.4 is 10.4 Å². The molecule has 3 aromatic heterocycles. The van der Waals surface area contributed by atoms with Crippen LogP contribution in [0.25, 0.3) is 27.9 Å². The second-order valence-corrected chi connectivity index (χ2v) is 8.22. The summed E-state index contributed by atoms with van der Waals surface area (Å²) in [4.78, 5) is 24.2. The molecule has 5 rings (SSSR count). The van der Waals surface area contributed by atoms with Crippen LogP contribution in [0, 0.1) is 13.8 Å². The average Bonchev–Trinajstić information content (AvgIpc) is 3.18. The third-order valence-corrected chi connectivity index (χ3v) is 5.83. The molecule has 0 saturated carbocycles. The van der Waals surface area contributed by atoms with E-state index in [1.54, 1.807) is 6.07 Å². The zero-order chi connectivity index (χ0) is 21.4. The number of nitrogens with zero attached hydrogens (tertiary/aromatic N) is 4. The monoisotopic (exact) mass is 418 g/mol. The Morgan fingerprint density at radius 3 is 2.74 bits per heavy atom. The van der Waals surface area contributed by atoms with Crippen molar-refractivity contribution in [3.63, 3.8) is 0 Å². The van der Waals surface area contributed by atoms with Gasteiger partial charge in [0.2, 0.25) is 0 Å². The van der Waals surface area contributed by atoms with Gasteiger partial charge in [-0.1, -0.05) is 6.42 Å². The molecule has 1 fully saturated rings. The van der Waals surface area contributed by atoms with E-state index in [2.05, 4.69) is 14.9 Å². The highest BCUT2D eigenvalue weighted by Gasteiger charge is 2.14. The number of benzene rings is 1. The number of piperidine rings is 1. The van der Waals surface area contributed by atoms with E-state index in [4.69, 9.17) is 9.15 Å². The van der Waals surface area contributed by atoms with Crippen molar-refractivity contribution in [2.24, 2.45) is 0 Å². The lowest BCUT2D eigenvalue weighted by Gasteiger charge is -2.26. The smallest absolute Gasteiger partial charge is 0.345 e. The van der Waals surface area contributed by atoms with Crippen LogP contribution in [-0.2, 0) is 0 Å². The Kier molecular flexibility index (Phi) is 5.19. The summed E-state index contributed by atoms with van der Waals surface area (Å²) in [6, 6.07) is 7.46. The van der Waals surface area contributed by atoms with Gasteiger partial charge in [-0.3, -0.25) is 9.88 Å². The Morgan fingerprint density at radius 1 is 1.06 bits per heavy atom. The Hall–Kier alpha value is -3.19. The normalized spacial score (nSPS) is 15.0. The predicted octanol–water partition coefficient (Wildman–Crippen LogP) is 3.98. The number of rotatable bonds is 5. The summed E-state index contributed by atoms with van der Waals surface area (Å²) in [5.41, 5.74) is 3.57. The zero-order valence-electron chi connectivity index (χ0n) is 17.9. The molecule has 160 valence electrons. The lowest BCUT2D eigenvalue weighted by atomic mass is 10.1. The largest absolute Gasteiger partial charge is 0.492 e. The highest BCUT2D eigenvalue weighted by atomic mass is 16.5. The number of fused-ring (bicyclic) bond motifs is 2. The van der Waals surface area contributed by atoms with E-state index in [0.717, 1.165) is 42.1 Å². The molecule has 7 heteroatoms. The van der Waals surface area contributed by atoms with Crippen molar-refractivity contribution >= 4 is 16.6 Å². The Bertz CT molecular complexity index is 1300. The zero-order valence-corrected chi connectivity index (χ0v) is 17.9. The van der Waals surface area contributed by atoms with Crippen LogP contribution in [0.15, 0.2) is 45.9 Å². The molecular weight excluding hydrogens is 392 g/mol. The van der Waals surface area contributed by atoms with Gasteiger partial charge in [-0.25, -0.2) is 9.78 Å². The molecule has 0 radical (unpaired) electrons. The highest BCUT2D eigenvalue weighted by molar-refractivity contribution is 5.82. The summed E-state index contributed by atoms with van der Waals surface area (Å²) < 4.78 is 13.4. The SMILES string of the molecule is Cc1cn2cc(-c3cc4ccc(OCCN5CCCCC5)cc4oc3=O)nc2c(C)n1. The maximum absolute atomic E-state index is 12.7. The Balaban J connectivity index is 1.39. The van der Waals surface area contributed by atoms with E-state index in [9.17, 15) is 4.79 Å². The van der Waals surface area contributed by atoms with E-state index in [0.29, 0.717) is 29.2 Å². The fourth-order valence-electron chi connectivity index (χ4n) is 4.27. The number of hydrogen-bond donors (Lipinski definition) is 0. The first-order chi connectivity index (χ1) is 15.1. The average molecular weight is 418 g/mol. The lowest BCUT2D eigenvalue weighted by molar-refractivity contribution is 0.183. The van der Waals surface area contributed by atoms with Gasteiger partial charge in [-0.15, -0.1) is 0 Å². The van der Waals surface area contributed by atoms with Gasteiger partial charge in [0, 0.05) is 30.4 Å². The van der Waals surface area contributed by atoms with Gasteiger partial charge in [0.1, 0.15) is 17.9 Å². The van der Waals surface area contributed by atoms with E-state index >= 15 is 0 Å². The molecule has 0 N–H and O–H groups in total. The van der Waals surface area contributed by atoms with Gasteiger partial charge < -0.3 is 13.6 Å². The van der Waals surface area contributed by atoms with Gasteiger partial charge in [-0.2, -0.15) is 0 Å². The van der Waals surface area contributed by atoms with Crippen LogP contribution in [0.5, 0.6) is 5.75 Å². The minimum absolute atomic E-state index is 0.413. The molecule has 1 aliphatic heterocycles. The first-order valence-electron chi connectivity index (χ1n) is 10.8. The Labute approximate surface area is 180 Å². The summed E-state index contributed by atoms with van der Waals surface area (Å²) in [5.74, 6) is 0.713. The molecule has 0 aliphatic carbocycles. The first-order valence-corrected chi connectivity index (χ1v) is 10.8. The molecule has 7 nitrogen and oxygen atoms in total. The van der Waals surface area contributed by atoms with Crippen LogP contribution in [0.4, 0.5) is 0 Å². The van der Waals surface area contributed by atoms with Crippen molar-refractivity contribution in [3.8, 4) is 17.0 Å². The molecule has 4 heterocycles. The van der Waals surface area contributed by atoms with E-state index in [1.807, 2.05) is 48.8 Å². The molecule has 0 bridgehead atoms. The second-order valence-electron chi connectivity index (χ2n) is 8.22. The topological polar surface area (TPSA) is 72.9 Å². The minimum Gasteiger partial charge on any atom is -0.492 e. The number of aromatic nitrogens is 3. The minimum atomic E-state index is -0.413. The maximum Gasteiger partial charge on any atom is 0.345 e. The van der Waals surface area contributed by atoms with Crippen molar-refractivity contribution in [3.05, 3.63) is 58.5 Å². The van der Waals surface area contributed by atoms with Gasteiger partial charge in [0.15, 0.2) is 5.65 Å². The summed E-state index contributed by atoms with van der Waals surface area (Å²) in [6.45, 7) is 7.69. The molecule has 0 atom stereocenters. The van der Waals surface area contributed by atoms with Gasteiger partial charge in [0.25, 0.3) is 0 Å². The second kappa shape index (κ2) is 8.15. The molecule has 0 spiro atoms. The number of imidazole rings is 1. The Morgan fingerprint density at radius 2 is 1.90 bits per heavy atom. The highest BCUT2D eigenvalue weighted by Crippen LogP contribution is 2.25. The molecule has 1 saturated heterocycles. The summed E-state index contributed by atoms with van der Waals surface area (Å²) in [5, 5.41) is 0.834. The van der Waals surface area contributed by atoms with Gasteiger partial charge in [-0.05, 0) is 58.0 Å². The molecule has 4 aromatic rings. The van der Waals surface area contributed by atoms with Crippen molar-refractivity contribution in [1.82, 2.24) is 19.3 Å². The molecule has 1 aliphatic rings. The van der Waals surface area contributed by atoms with Crippen LogP contribution >= 0.6 is 0 Å². The van der Waals surface area contributed by atoms with Gasteiger partial charge in [0.05, 0.1) is 22.6 Å². The fraction of sp³-hybridized carbons (Fsp3) is 0.375. The number of likely N-dealkylation sites (tertiary alicyclic amines) is 1. The molecule has 31 heavy (non-hydrogen) atoms. The third-order valence-electron chi connectivity index (χ3n) is 5.83. The van der Waals surface area contributed by atoms with Crippen LogP contribution in [0.1, 0.15) is 30.7 Å². The summed E-state index contributed by atoms with van der Waals surface area (Å²) in [6.07, 6.45) is 7.60. The van der Waals surface area contributed by atoms with E-state index in [-0.39, 0.29) is 0 Å². The molecule has 1 aromatic carbocycles. The predicted molar refractivity (Wildman–Crippen MR) is 120 cm³/mol. The lowest BCUT2D eigenvalue weighted by Crippen LogP contribution is -2.33. The summed E-state index contributed by atoms with van der Waals surface area (Å²) in [7, 11) is 0. The number of ether oxygens (including phenoxy) is 1. The number of hydrogen-bond acceptors (Lipinski definition) is 6. The van der Waals surface area contributed by atoms with Crippen molar-refractivity contribution in [2.45, 2.75) is 33.1 Å². The quantitative estimate of drug-likeness (QED) is 0.457. The van der Waals surface area contributed by atoms with Gasteiger partial charge >= 0.3 is 5.63 Å². The van der Waals surface area contributed by atoms with Crippen LogP contribution in [0.3, 0.4) is 0 Å². The fourth-order valence-corrected chi connectivity index (χ4v) is 4.27. The first kappa shape index (κ1) is 19.8. The van der Waals surface area contributed by atoms with Crippen molar-refractivity contribution in [1.29, 1.82) is 0 Å². The summed E-state index contributed by atoms with van der Waals surface area (Å²) >= 11 is 0. The third kappa shape index (κ3) is 4.05. The van der Waals surface area contributed by atoms with Crippen molar-refractivity contribution in [2.75, 3.05) is 26.2 Å². The maximum atomic E-state index is 12.7. The molecule has 0 unspecified atom stereocenters. The van der Waals surface area contributed by atoms with E-state index in [1.165, 1.54) is 19.3 Å². The van der Waals surface area contributed by atoms with Crippen LogP contribution in [-0.4, -0.2) is 45.5 Å². The van der Waals surface area contributed by atoms with Crippen molar-refractivity contribution < 1.29 is 9.15 Å². The number of aryl methyl sites for hydroxylation is 2. The molecule has 0 amide bonds. The van der Waals surface area contributed by atoms with Crippen LogP contribution in [0.2, 0.25) is 0 Å². The van der Waals surface area contributed by atoms with E-state index < -0.39 is 5.63 Å². The standard InChI is InChI=1S/C24H26N4O3/c1-16-14-28-15-21(26-23(28)17(2)25-16)20-12-18-6-7-19(13-22(18)31-24(20)29)30-11-10-27-8-4-3-5-9-27/h6-7,12-15H,3-5,8-11H2,1-2H3. The molecular formula is C24H26N4O3.